The van der Waals surface area contributed by atoms with Crippen molar-refractivity contribution in [2.24, 2.45) is 35.5 Å². The standard InChI is InChI=1S/C49H40/c1-49(2)47-18-10-9-17-44(47)45-24-23-34(30-48(45)49)32-19-20-33-28-36(22-21-31(33)27-32)38-25-26-43(41-15-7-5-14-40(38)41)46-29-35-11-3-4-12-37(35)39-13-6-8-16-42(39)46/h3-30,35,37,39-42H,1-2H3. The van der Waals surface area contributed by atoms with Gasteiger partial charge in [0.1, 0.15) is 0 Å². The first kappa shape index (κ1) is 28.8. The van der Waals surface area contributed by atoms with Crippen LogP contribution in [-0.4, -0.2) is 0 Å². The van der Waals surface area contributed by atoms with E-state index in [-0.39, 0.29) is 5.41 Å². The Balaban J connectivity index is 0.999. The number of fused-ring (bicyclic) bond motifs is 8. The van der Waals surface area contributed by atoms with Crippen LogP contribution in [0.15, 0.2) is 181 Å². The zero-order chi connectivity index (χ0) is 32.7. The molecular weight excluding hydrogens is 589 g/mol. The number of allylic oxidation sites excluding steroid dienone is 18. The molecule has 4 aromatic rings. The van der Waals surface area contributed by atoms with Gasteiger partial charge < -0.3 is 0 Å². The van der Waals surface area contributed by atoms with Crippen molar-refractivity contribution in [3.05, 3.63) is 198 Å². The van der Waals surface area contributed by atoms with Crippen LogP contribution in [0.4, 0.5) is 0 Å². The number of rotatable bonds is 3. The lowest BCUT2D eigenvalue weighted by Crippen LogP contribution is -2.34. The van der Waals surface area contributed by atoms with Crippen LogP contribution in [0.25, 0.3) is 38.6 Å². The summed E-state index contributed by atoms with van der Waals surface area (Å²) < 4.78 is 0. The fraction of sp³-hybridized carbons (Fsp3) is 0.184. The van der Waals surface area contributed by atoms with E-state index >= 15 is 0 Å². The first-order valence-electron chi connectivity index (χ1n) is 18.0. The molecular formula is C49H40. The summed E-state index contributed by atoms with van der Waals surface area (Å²) in [5.74, 6) is 2.58. The van der Waals surface area contributed by atoms with E-state index < -0.39 is 0 Å². The summed E-state index contributed by atoms with van der Waals surface area (Å²) in [5.41, 5.74) is 13.9. The largest absolute Gasteiger partial charge is 0.0799 e. The summed E-state index contributed by atoms with van der Waals surface area (Å²) in [6.45, 7) is 4.72. The Hall–Kier alpha value is -5.20. The number of hydrogen-bond acceptors (Lipinski definition) is 0. The molecule has 0 aliphatic heterocycles. The van der Waals surface area contributed by atoms with Crippen molar-refractivity contribution >= 4 is 16.3 Å². The number of benzene rings is 4. The van der Waals surface area contributed by atoms with Crippen molar-refractivity contribution in [1.82, 2.24) is 0 Å². The lowest BCUT2D eigenvalue weighted by atomic mass is 9.60. The Kier molecular flexibility index (Phi) is 6.41. The smallest absolute Gasteiger partial charge is 0.0159 e. The first-order valence-corrected chi connectivity index (χ1v) is 18.0. The topological polar surface area (TPSA) is 0 Å². The van der Waals surface area contributed by atoms with Crippen LogP contribution in [0, 0.1) is 35.5 Å². The van der Waals surface area contributed by atoms with Crippen LogP contribution in [0.5, 0.6) is 0 Å². The predicted molar refractivity (Wildman–Crippen MR) is 207 cm³/mol. The van der Waals surface area contributed by atoms with Gasteiger partial charge in [0, 0.05) is 29.1 Å². The molecule has 0 spiro atoms. The maximum Gasteiger partial charge on any atom is 0.0159 e. The van der Waals surface area contributed by atoms with Crippen molar-refractivity contribution in [3.8, 4) is 22.3 Å². The molecule has 0 aromatic heterocycles. The Morgan fingerprint density at radius 1 is 0.449 bits per heavy atom. The van der Waals surface area contributed by atoms with Gasteiger partial charge in [-0.1, -0.05) is 166 Å². The fourth-order valence-electron chi connectivity index (χ4n) is 9.77. The first-order chi connectivity index (χ1) is 24.0. The van der Waals surface area contributed by atoms with Crippen LogP contribution >= 0.6 is 0 Å². The quantitative estimate of drug-likeness (QED) is 0.212. The Bertz CT molecular complexity index is 2340. The Labute approximate surface area is 290 Å². The maximum atomic E-state index is 2.58. The lowest BCUT2D eigenvalue weighted by molar-refractivity contribution is 0.333. The summed E-state index contributed by atoms with van der Waals surface area (Å²) in [6, 6.07) is 30.0. The van der Waals surface area contributed by atoms with Gasteiger partial charge in [-0.05, 0) is 96.5 Å². The third-order valence-corrected chi connectivity index (χ3v) is 12.3. The molecule has 6 unspecified atom stereocenters. The van der Waals surface area contributed by atoms with Gasteiger partial charge in [0.05, 0.1) is 0 Å². The van der Waals surface area contributed by atoms with Gasteiger partial charge >= 0.3 is 0 Å². The van der Waals surface area contributed by atoms with Crippen LogP contribution in [0.3, 0.4) is 0 Å². The van der Waals surface area contributed by atoms with Crippen molar-refractivity contribution < 1.29 is 0 Å². The molecule has 6 aliphatic rings. The molecule has 0 radical (unpaired) electrons. The highest BCUT2D eigenvalue weighted by molar-refractivity contribution is 5.92. The zero-order valence-corrected chi connectivity index (χ0v) is 28.1. The lowest BCUT2D eigenvalue weighted by Gasteiger charge is -2.43. The molecule has 0 saturated heterocycles. The molecule has 6 aliphatic carbocycles. The van der Waals surface area contributed by atoms with E-state index in [0.717, 1.165) is 0 Å². The highest BCUT2D eigenvalue weighted by atomic mass is 14.4. The number of hydrogen-bond donors (Lipinski definition) is 0. The van der Waals surface area contributed by atoms with Crippen molar-refractivity contribution in [2.75, 3.05) is 0 Å². The van der Waals surface area contributed by atoms with Gasteiger partial charge in [-0.3, -0.25) is 0 Å². The highest BCUT2D eigenvalue weighted by Gasteiger charge is 2.41. The van der Waals surface area contributed by atoms with E-state index in [0.29, 0.717) is 35.5 Å². The summed E-state index contributed by atoms with van der Waals surface area (Å²) in [4.78, 5) is 0. The van der Waals surface area contributed by atoms with E-state index in [2.05, 4.69) is 184 Å². The normalized spacial score (nSPS) is 27.8. The average molecular weight is 629 g/mol. The molecule has 0 fully saturated rings. The van der Waals surface area contributed by atoms with E-state index in [1.54, 1.807) is 0 Å². The summed E-state index contributed by atoms with van der Waals surface area (Å²) in [5, 5.41) is 2.57. The van der Waals surface area contributed by atoms with Crippen LogP contribution < -0.4 is 0 Å². The molecule has 6 atom stereocenters. The molecule has 0 N–H and O–H groups in total. The molecule has 0 saturated carbocycles. The minimum atomic E-state index is 0.00238. The Morgan fingerprint density at radius 3 is 1.88 bits per heavy atom. The monoisotopic (exact) mass is 628 g/mol. The third kappa shape index (κ3) is 4.43. The van der Waals surface area contributed by atoms with Gasteiger partial charge in [-0.25, -0.2) is 0 Å². The molecule has 0 nitrogen and oxygen atoms in total. The predicted octanol–water partition coefficient (Wildman–Crippen LogP) is 12.2. The minimum Gasteiger partial charge on any atom is -0.0799 e. The molecule has 4 aromatic carbocycles. The van der Waals surface area contributed by atoms with Gasteiger partial charge in [0.25, 0.3) is 0 Å². The van der Waals surface area contributed by atoms with Gasteiger partial charge in [0.15, 0.2) is 0 Å². The molecule has 0 bridgehead atoms. The van der Waals surface area contributed by atoms with E-state index in [4.69, 9.17) is 0 Å². The molecule has 0 heteroatoms. The molecule has 0 amide bonds. The maximum absolute atomic E-state index is 2.58. The van der Waals surface area contributed by atoms with Gasteiger partial charge in [-0.15, -0.1) is 0 Å². The minimum absolute atomic E-state index is 0.00238. The SMILES string of the molecule is CC1(C)c2ccccc2-c2ccc(-c3ccc4cc(C5=CC=C(C6=CC7C=CC=CC7C7C=CC=CC67)C6C=CC=CC56)ccc4c3)cc21. The highest BCUT2D eigenvalue weighted by Crippen LogP contribution is 2.52. The van der Waals surface area contributed by atoms with E-state index in [9.17, 15) is 0 Å². The molecule has 10 rings (SSSR count). The van der Waals surface area contributed by atoms with Crippen LogP contribution in [0.1, 0.15) is 30.5 Å². The average Bonchev–Trinajstić information content (AvgIpc) is 3.39. The molecule has 236 valence electrons. The summed E-state index contributed by atoms with van der Waals surface area (Å²) in [7, 11) is 0. The van der Waals surface area contributed by atoms with Crippen LogP contribution in [-0.2, 0) is 5.41 Å². The second kappa shape index (κ2) is 10.9. The van der Waals surface area contributed by atoms with Crippen molar-refractivity contribution in [1.29, 1.82) is 0 Å². The summed E-state index contributed by atoms with van der Waals surface area (Å²) >= 11 is 0. The Morgan fingerprint density at radius 2 is 1.04 bits per heavy atom. The van der Waals surface area contributed by atoms with Gasteiger partial charge in [0.2, 0.25) is 0 Å². The second-order valence-electron chi connectivity index (χ2n) is 15.2. The van der Waals surface area contributed by atoms with E-state index in [1.165, 1.54) is 66.4 Å². The van der Waals surface area contributed by atoms with E-state index in [1.807, 2.05) is 0 Å². The third-order valence-electron chi connectivity index (χ3n) is 12.3. The fourth-order valence-corrected chi connectivity index (χ4v) is 9.77. The van der Waals surface area contributed by atoms with Crippen molar-refractivity contribution in [3.63, 3.8) is 0 Å². The molecule has 49 heavy (non-hydrogen) atoms. The van der Waals surface area contributed by atoms with Crippen LogP contribution in [0.2, 0.25) is 0 Å². The van der Waals surface area contributed by atoms with Gasteiger partial charge in [-0.2, -0.15) is 0 Å². The second-order valence-corrected chi connectivity index (χ2v) is 15.2. The zero-order valence-electron chi connectivity index (χ0n) is 28.1. The molecule has 0 heterocycles. The van der Waals surface area contributed by atoms with Crippen molar-refractivity contribution in [2.45, 2.75) is 19.3 Å². The summed E-state index contributed by atoms with van der Waals surface area (Å²) in [6.07, 6.45) is 35.5.